The minimum atomic E-state index is 0.756. The van der Waals surface area contributed by atoms with Gasteiger partial charge in [0.15, 0.2) is 0 Å². The van der Waals surface area contributed by atoms with Gasteiger partial charge in [0.1, 0.15) is 0 Å². The highest BCUT2D eigenvalue weighted by molar-refractivity contribution is 5.60. The molecule has 0 saturated heterocycles. The molecule has 100 valence electrons. The van der Waals surface area contributed by atoms with E-state index in [1.165, 1.54) is 36.0 Å². The van der Waals surface area contributed by atoms with Crippen LogP contribution in [0.25, 0.3) is 6.08 Å². The quantitative estimate of drug-likeness (QED) is 0.686. The van der Waals surface area contributed by atoms with Crippen LogP contribution in [0.1, 0.15) is 53.4 Å². The number of allylic oxidation sites excluding steroid dienone is 1. The molecule has 0 aliphatic heterocycles. The lowest BCUT2D eigenvalue weighted by Crippen LogP contribution is -1.96. The van der Waals surface area contributed by atoms with E-state index in [1.807, 2.05) is 0 Å². The highest BCUT2D eigenvalue weighted by Gasteiger charge is 2.27. The smallest absolute Gasteiger partial charge is 0.00881 e. The maximum Gasteiger partial charge on any atom is -0.00881 e. The fourth-order valence-electron chi connectivity index (χ4n) is 3.84. The maximum atomic E-state index is 2.45. The first-order valence-corrected chi connectivity index (χ1v) is 7.74. The Morgan fingerprint density at radius 1 is 0.800 bits per heavy atom. The van der Waals surface area contributed by atoms with Crippen molar-refractivity contribution in [3.05, 3.63) is 76.9 Å². The van der Waals surface area contributed by atoms with Gasteiger partial charge in [-0.2, -0.15) is 0 Å². The second-order valence-corrected chi connectivity index (χ2v) is 6.18. The minimum absolute atomic E-state index is 0.756. The highest BCUT2D eigenvalue weighted by Crippen LogP contribution is 2.44. The zero-order valence-corrected chi connectivity index (χ0v) is 11.8. The predicted molar refractivity (Wildman–Crippen MR) is 85.0 cm³/mol. The van der Waals surface area contributed by atoms with Gasteiger partial charge in [-0.25, -0.2) is 0 Å². The van der Waals surface area contributed by atoms with Gasteiger partial charge in [0.05, 0.1) is 0 Å². The molecular formula is C20H20. The van der Waals surface area contributed by atoms with E-state index in [0.717, 1.165) is 18.3 Å². The van der Waals surface area contributed by atoms with E-state index in [4.69, 9.17) is 0 Å². The molecule has 0 heteroatoms. The molecule has 0 aromatic heterocycles. The van der Waals surface area contributed by atoms with Gasteiger partial charge in [-0.15, -0.1) is 0 Å². The second-order valence-electron chi connectivity index (χ2n) is 6.18. The van der Waals surface area contributed by atoms with Crippen LogP contribution in [-0.4, -0.2) is 0 Å². The van der Waals surface area contributed by atoms with Crippen molar-refractivity contribution in [1.29, 1.82) is 0 Å². The van der Waals surface area contributed by atoms with Crippen LogP contribution in [0.4, 0.5) is 0 Å². The molecule has 2 atom stereocenters. The second kappa shape index (κ2) is 4.94. The summed E-state index contributed by atoms with van der Waals surface area (Å²) in [4.78, 5) is 0. The summed E-state index contributed by atoms with van der Waals surface area (Å²) in [5.41, 5.74) is 6.03. The van der Waals surface area contributed by atoms with Crippen LogP contribution in [0.15, 0.2) is 54.6 Å². The van der Waals surface area contributed by atoms with Crippen LogP contribution < -0.4 is 0 Å². The number of hydrogen-bond donors (Lipinski definition) is 0. The molecule has 0 amide bonds. The molecule has 0 radical (unpaired) electrons. The summed E-state index contributed by atoms with van der Waals surface area (Å²) in [5, 5.41) is 0. The van der Waals surface area contributed by atoms with E-state index in [1.54, 1.807) is 5.56 Å². The van der Waals surface area contributed by atoms with Gasteiger partial charge in [-0.3, -0.25) is 0 Å². The summed E-state index contributed by atoms with van der Waals surface area (Å²) in [6.45, 7) is 0. The molecule has 20 heavy (non-hydrogen) atoms. The van der Waals surface area contributed by atoms with Crippen molar-refractivity contribution in [3.8, 4) is 0 Å². The first kappa shape index (κ1) is 12.0. The van der Waals surface area contributed by atoms with E-state index in [0.29, 0.717) is 0 Å². The Labute approximate surface area is 121 Å². The number of hydrogen-bond acceptors (Lipinski definition) is 0. The summed E-state index contributed by atoms with van der Waals surface area (Å²) in [7, 11) is 0. The van der Waals surface area contributed by atoms with Gasteiger partial charge in [-0.05, 0) is 59.8 Å². The van der Waals surface area contributed by atoms with Crippen molar-refractivity contribution in [3.63, 3.8) is 0 Å². The van der Waals surface area contributed by atoms with E-state index in [2.05, 4.69) is 60.7 Å². The first-order chi connectivity index (χ1) is 9.90. The zero-order chi connectivity index (χ0) is 13.4. The van der Waals surface area contributed by atoms with Crippen LogP contribution in [0.3, 0.4) is 0 Å². The van der Waals surface area contributed by atoms with Gasteiger partial charge in [-0.1, -0.05) is 60.7 Å². The van der Waals surface area contributed by atoms with Crippen LogP contribution in [0.2, 0.25) is 0 Å². The Kier molecular flexibility index (Phi) is 2.95. The van der Waals surface area contributed by atoms with Gasteiger partial charge >= 0.3 is 0 Å². The standard InChI is InChI=1S/C20H20/c1-2-5-15(6-3-1)18-11-12-20(14-18)19-10-9-16-7-4-8-17(16)13-19/h1-7,9-10,13,18,20H,8,11-12,14H2. The Morgan fingerprint density at radius 3 is 2.45 bits per heavy atom. The van der Waals surface area contributed by atoms with E-state index >= 15 is 0 Å². The molecule has 0 nitrogen and oxygen atoms in total. The number of fused-ring (bicyclic) bond motifs is 1. The van der Waals surface area contributed by atoms with Gasteiger partial charge < -0.3 is 0 Å². The normalized spacial score (nSPS) is 24.0. The lowest BCUT2D eigenvalue weighted by atomic mass is 9.91. The number of benzene rings is 2. The van der Waals surface area contributed by atoms with Crippen molar-refractivity contribution in [2.24, 2.45) is 0 Å². The Bertz CT molecular complexity index is 636. The average molecular weight is 260 g/mol. The van der Waals surface area contributed by atoms with E-state index in [9.17, 15) is 0 Å². The molecule has 0 heterocycles. The van der Waals surface area contributed by atoms with Crippen molar-refractivity contribution in [2.75, 3.05) is 0 Å². The molecule has 4 rings (SSSR count). The van der Waals surface area contributed by atoms with Crippen molar-refractivity contribution < 1.29 is 0 Å². The molecule has 0 bridgehead atoms. The topological polar surface area (TPSA) is 0 Å². The summed E-state index contributed by atoms with van der Waals surface area (Å²) >= 11 is 0. The van der Waals surface area contributed by atoms with Gasteiger partial charge in [0.25, 0.3) is 0 Å². The largest absolute Gasteiger partial charge is 0.0795 e. The molecule has 2 aliphatic carbocycles. The van der Waals surface area contributed by atoms with Crippen molar-refractivity contribution in [2.45, 2.75) is 37.5 Å². The maximum absolute atomic E-state index is 2.45. The summed E-state index contributed by atoms with van der Waals surface area (Å²) in [6, 6.07) is 18.2. The van der Waals surface area contributed by atoms with Crippen molar-refractivity contribution >= 4 is 6.08 Å². The monoisotopic (exact) mass is 260 g/mol. The lowest BCUT2D eigenvalue weighted by Gasteiger charge is -2.13. The SMILES string of the molecule is C1=Cc2ccc(C3CCC(c4ccccc4)C3)cc2C1. The first-order valence-electron chi connectivity index (χ1n) is 7.74. The molecular weight excluding hydrogens is 240 g/mol. The fourth-order valence-corrected chi connectivity index (χ4v) is 3.84. The van der Waals surface area contributed by atoms with Crippen molar-refractivity contribution in [1.82, 2.24) is 0 Å². The lowest BCUT2D eigenvalue weighted by molar-refractivity contribution is 0.685. The van der Waals surface area contributed by atoms with Crippen LogP contribution in [0.5, 0.6) is 0 Å². The van der Waals surface area contributed by atoms with E-state index in [-0.39, 0.29) is 0 Å². The fraction of sp³-hybridized carbons (Fsp3) is 0.300. The molecule has 1 saturated carbocycles. The average Bonchev–Trinajstić information content (AvgIpc) is 3.16. The molecule has 2 aromatic rings. The number of rotatable bonds is 2. The minimum Gasteiger partial charge on any atom is -0.0795 e. The molecule has 1 fully saturated rings. The predicted octanol–water partition coefficient (Wildman–Crippen LogP) is 5.31. The third kappa shape index (κ3) is 2.10. The summed E-state index contributed by atoms with van der Waals surface area (Å²) < 4.78 is 0. The van der Waals surface area contributed by atoms with Crippen LogP contribution >= 0.6 is 0 Å². The van der Waals surface area contributed by atoms with Gasteiger partial charge in [0.2, 0.25) is 0 Å². The summed E-state index contributed by atoms with van der Waals surface area (Å²) in [5.74, 6) is 1.51. The third-order valence-electron chi connectivity index (χ3n) is 4.98. The zero-order valence-electron chi connectivity index (χ0n) is 11.8. The summed E-state index contributed by atoms with van der Waals surface area (Å²) in [6.07, 6.45) is 9.64. The Hall–Kier alpha value is -1.82. The van der Waals surface area contributed by atoms with E-state index < -0.39 is 0 Å². The van der Waals surface area contributed by atoms with Gasteiger partial charge in [0, 0.05) is 0 Å². The molecule has 0 N–H and O–H groups in total. The Morgan fingerprint density at radius 2 is 1.60 bits per heavy atom. The highest BCUT2D eigenvalue weighted by atomic mass is 14.3. The molecule has 0 spiro atoms. The molecule has 2 aliphatic rings. The van der Waals surface area contributed by atoms with Crippen LogP contribution in [-0.2, 0) is 6.42 Å². The third-order valence-corrected chi connectivity index (χ3v) is 4.98. The molecule has 2 unspecified atom stereocenters. The molecule has 2 aromatic carbocycles. The Balaban J connectivity index is 1.54. The van der Waals surface area contributed by atoms with Crippen LogP contribution in [0, 0.1) is 0 Å².